The Bertz CT molecular complexity index is 680. The second-order valence-electron chi connectivity index (χ2n) is 6.62. The van der Waals surface area contributed by atoms with E-state index in [2.05, 4.69) is 48.5 Å². The van der Waals surface area contributed by atoms with Crippen molar-refractivity contribution < 1.29 is 0 Å². The van der Waals surface area contributed by atoms with Crippen LogP contribution in [0.3, 0.4) is 0 Å². The molecule has 0 saturated heterocycles. The molecule has 0 spiro atoms. The highest BCUT2D eigenvalue weighted by Crippen LogP contribution is 2.46. The van der Waals surface area contributed by atoms with Crippen LogP contribution in [0.1, 0.15) is 43.6 Å². The van der Waals surface area contributed by atoms with Gasteiger partial charge in [0.1, 0.15) is 0 Å². The molecule has 1 saturated carbocycles. The van der Waals surface area contributed by atoms with Crippen molar-refractivity contribution in [1.82, 2.24) is 0 Å². The molecular weight excluding hydrogens is 254 g/mol. The zero-order chi connectivity index (χ0) is 14.2. The number of fused-ring (bicyclic) bond motifs is 2. The molecule has 1 fully saturated rings. The van der Waals surface area contributed by atoms with Crippen LogP contribution in [0.15, 0.2) is 54.1 Å². The maximum absolute atomic E-state index is 6.57. The molecule has 3 unspecified atom stereocenters. The Morgan fingerprint density at radius 3 is 2.71 bits per heavy atom. The summed E-state index contributed by atoms with van der Waals surface area (Å²) in [5.41, 5.74) is 9.65. The summed E-state index contributed by atoms with van der Waals surface area (Å²) in [5.74, 6) is 1.21. The molecule has 4 rings (SSSR count). The van der Waals surface area contributed by atoms with Crippen molar-refractivity contribution in [2.75, 3.05) is 0 Å². The lowest BCUT2D eigenvalue weighted by atomic mass is 9.67. The first-order chi connectivity index (χ1) is 10.3. The largest absolute Gasteiger partial charge is 0.327 e. The average Bonchev–Trinajstić information content (AvgIpc) is 2.54. The maximum Gasteiger partial charge on any atom is 0.0209 e. The van der Waals surface area contributed by atoms with Crippen molar-refractivity contribution >= 4 is 10.8 Å². The number of benzene rings is 2. The van der Waals surface area contributed by atoms with Crippen LogP contribution in [0, 0.1) is 5.92 Å². The van der Waals surface area contributed by atoms with Gasteiger partial charge in [0, 0.05) is 12.0 Å². The Labute approximate surface area is 126 Å². The number of rotatable bonds is 1. The predicted octanol–water partition coefficient (Wildman–Crippen LogP) is 4.77. The molecule has 2 N–H and O–H groups in total. The lowest BCUT2D eigenvalue weighted by Gasteiger charge is -2.40. The normalized spacial score (nSPS) is 29.0. The van der Waals surface area contributed by atoms with E-state index < -0.39 is 0 Å². The fourth-order valence-electron chi connectivity index (χ4n) is 4.40. The van der Waals surface area contributed by atoms with Crippen LogP contribution in [-0.4, -0.2) is 6.04 Å². The molecule has 0 bridgehead atoms. The first-order valence-electron chi connectivity index (χ1n) is 8.28. The summed E-state index contributed by atoms with van der Waals surface area (Å²) in [6.07, 6.45) is 8.90. The fraction of sp³-hybridized carbons (Fsp3) is 0.400. The average molecular weight is 277 g/mol. The van der Waals surface area contributed by atoms with Gasteiger partial charge in [-0.1, -0.05) is 54.1 Å². The molecule has 3 atom stereocenters. The predicted molar refractivity (Wildman–Crippen MR) is 89.3 cm³/mol. The third-order valence-electron chi connectivity index (χ3n) is 5.40. The summed E-state index contributed by atoms with van der Waals surface area (Å²) in [5, 5.41) is 2.72. The minimum atomic E-state index is 0.274. The first kappa shape index (κ1) is 13.1. The van der Waals surface area contributed by atoms with Gasteiger partial charge in [-0.3, -0.25) is 0 Å². The first-order valence-corrected chi connectivity index (χ1v) is 8.28. The highest BCUT2D eigenvalue weighted by atomic mass is 14.7. The fourth-order valence-corrected chi connectivity index (χ4v) is 4.40. The lowest BCUT2D eigenvalue weighted by Crippen LogP contribution is -2.37. The Balaban J connectivity index is 1.87. The van der Waals surface area contributed by atoms with E-state index in [0.29, 0.717) is 5.92 Å². The minimum absolute atomic E-state index is 0.274. The lowest BCUT2D eigenvalue weighted by molar-refractivity contribution is 0.344. The van der Waals surface area contributed by atoms with Gasteiger partial charge in [0.2, 0.25) is 0 Å². The second kappa shape index (κ2) is 5.31. The molecule has 0 radical (unpaired) electrons. The quantitative estimate of drug-likeness (QED) is 0.746. The zero-order valence-electron chi connectivity index (χ0n) is 12.5. The van der Waals surface area contributed by atoms with Gasteiger partial charge in [-0.15, -0.1) is 0 Å². The molecule has 2 aromatic carbocycles. The number of allylic oxidation sites excluding steroid dienone is 1. The highest BCUT2D eigenvalue weighted by Gasteiger charge is 2.35. The van der Waals surface area contributed by atoms with Crippen molar-refractivity contribution in [2.24, 2.45) is 11.7 Å². The van der Waals surface area contributed by atoms with Gasteiger partial charge in [-0.2, -0.15) is 0 Å². The number of hydrogen-bond acceptors (Lipinski definition) is 1. The van der Waals surface area contributed by atoms with E-state index in [1.807, 2.05) is 0 Å². The zero-order valence-corrected chi connectivity index (χ0v) is 12.5. The van der Waals surface area contributed by atoms with Crippen molar-refractivity contribution in [3.05, 3.63) is 59.7 Å². The summed E-state index contributed by atoms with van der Waals surface area (Å²) < 4.78 is 0. The Morgan fingerprint density at radius 2 is 1.76 bits per heavy atom. The van der Waals surface area contributed by atoms with E-state index in [-0.39, 0.29) is 6.04 Å². The Morgan fingerprint density at radius 1 is 0.905 bits per heavy atom. The van der Waals surface area contributed by atoms with Crippen molar-refractivity contribution in [3.63, 3.8) is 0 Å². The molecule has 0 heterocycles. The van der Waals surface area contributed by atoms with Gasteiger partial charge in [0.05, 0.1) is 0 Å². The van der Waals surface area contributed by atoms with E-state index >= 15 is 0 Å². The second-order valence-corrected chi connectivity index (χ2v) is 6.62. The van der Waals surface area contributed by atoms with E-state index in [1.165, 1.54) is 42.0 Å². The number of hydrogen-bond donors (Lipinski definition) is 1. The molecule has 2 aliphatic rings. The third kappa shape index (κ3) is 2.20. The van der Waals surface area contributed by atoms with Crippen LogP contribution in [0.2, 0.25) is 0 Å². The van der Waals surface area contributed by atoms with Crippen LogP contribution < -0.4 is 5.73 Å². The molecule has 0 aromatic heterocycles. The SMILES string of the molecule is NC1CCC2CCCC=C2C1c1cccc2ccccc12. The standard InChI is InChI=1S/C20H23N/c21-19-13-12-15-7-2-4-10-17(15)20(19)18-11-5-8-14-6-1-3-9-16(14)18/h1,3,5-6,8-11,15,19-20H,2,4,7,12-13,21H2. The van der Waals surface area contributed by atoms with Crippen LogP contribution in [0.4, 0.5) is 0 Å². The monoisotopic (exact) mass is 277 g/mol. The Hall–Kier alpha value is -1.60. The van der Waals surface area contributed by atoms with Crippen molar-refractivity contribution in [2.45, 2.75) is 44.1 Å². The molecular formula is C20H23N. The highest BCUT2D eigenvalue weighted by molar-refractivity contribution is 5.86. The van der Waals surface area contributed by atoms with Gasteiger partial charge < -0.3 is 5.73 Å². The van der Waals surface area contributed by atoms with E-state index in [0.717, 1.165) is 12.3 Å². The van der Waals surface area contributed by atoms with Crippen LogP contribution in [-0.2, 0) is 0 Å². The maximum atomic E-state index is 6.57. The summed E-state index contributed by atoms with van der Waals surface area (Å²) in [4.78, 5) is 0. The molecule has 2 aliphatic carbocycles. The molecule has 21 heavy (non-hydrogen) atoms. The summed E-state index contributed by atoms with van der Waals surface area (Å²) in [7, 11) is 0. The molecule has 2 aromatic rings. The van der Waals surface area contributed by atoms with Gasteiger partial charge >= 0.3 is 0 Å². The van der Waals surface area contributed by atoms with E-state index in [4.69, 9.17) is 5.73 Å². The van der Waals surface area contributed by atoms with Gasteiger partial charge in [0.15, 0.2) is 0 Å². The van der Waals surface area contributed by atoms with Crippen LogP contribution >= 0.6 is 0 Å². The van der Waals surface area contributed by atoms with Crippen LogP contribution in [0.5, 0.6) is 0 Å². The van der Waals surface area contributed by atoms with Crippen molar-refractivity contribution in [1.29, 1.82) is 0 Å². The molecule has 1 heteroatoms. The van der Waals surface area contributed by atoms with Crippen LogP contribution in [0.25, 0.3) is 10.8 Å². The number of nitrogens with two attached hydrogens (primary N) is 1. The minimum Gasteiger partial charge on any atom is -0.327 e. The van der Waals surface area contributed by atoms with Crippen molar-refractivity contribution in [3.8, 4) is 0 Å². The smallest absolute Gasteiger partial charge is 0.0209 e. The summed E-state index contributed by atoms with van der Waals surface area (Å²) in [6, 6.07) is 15.7. The third-order valence-corrected chi connectivity index (χ3v) is 5.40. The topological polar surface area (TPSA) is 26.0 Å². The molecule has 0 aliphatic heterocycles. The molecule has 0 amide bonds. The van der Waals surface area contributed by atoms with E-state index in [9.17, 15) is 0 Å². The van der Waals surface area contributed by atoms with Gasteiger partial charge in [-0.05, 0) is 54.4 Å². The molecule has 108 valence electrons. The molecule has 1 nitrogen and oxygen atoms in total. The van der Waals surface area contributed by atoms with Gasteiger partial charge in [0.25, 0.3) is 0 Å². The van der Waals surface area contributed by atoms with Gasteiger partial charge in [-0.25, -0.2) is 0 Å². The Kier molecular flexibility index (Phi) is 3.31. The summed E-state index contributed by atoms with van der Waals surface area (Å²) >= 11 is 0. The van der Waals surface area contributed by atoms with E-state index in [1.54, 1.807) is 5.57 Å². The summed E-state index contributed by atoms with van der Waals surface area (Å²) in [6.45, 7) is 0.